The van der Waals surface area contributed by atoms with Crippen molar-refractivity contribution in [3.63, 3.8) is 0 Å². The molecule has 2 aliphatic heterocycles. The monoisotopic (exact) mass is 361 g/mol. The highest BCUT2D eigenvalue weighted by molar-refractivity contribution is 7.13. The van der Waals surface area contributed by atoms with Crippen LogP contribution in [0, 0.1) is 5.92 Å². The molecule has 25 heavy (non-hydrogen) atoms. The summed E-state index contributed by atoms with van der Waals surface area (Å²) in [6, 6.07) is 0.804. The summed E-state index contributed by atoms with van der Waals surface area (Å²) in [6.07, 6.45) is 9.82. The van der Waals surface area contributed by atoms with Crippen molar-refractivity contribution in [2.75, 3.05) is 19.6 Å². The molecule has 0 spiro atoms. The Labute approximate surface area is 153 Å². The number of fused-ring (bicyclic) bond motifs is 1. The second kappa shape index (κ2) is 6.54. The summed E-state index contributed by atoms with van der Waals surface area (Å²) >= 11 is 1.67. The Hall–Kier alpha value is -1.14. The van der Waals surface area contributed by atoms with Crippen molar-refractivity contribution >= 4 is 17.2 Å². The lowest BCUT2D eigenvalue weighted by molar-refractivity contribution is -0.133. The van der Waals surface area contributed by atoms with Crippen LogP contribution in [0.1, 0.15) is 55.5 Å². The lowest BCUT2D eigenvalue weighted by Gasteiger charge is -2.42. The average molecular weight is 362 g/mol. The van der Waals surface area contributed by atoms with Crippen LogP contribution in [0.3, 0.4) is 0 Å². The Bertz CT molecular complexity index is 653. The molecule has 0 radical (unpaired) electrons. The molecule has 1 aromatic rings. The third kappa shape index (κ3) is 3.31. The summed E-state index contributed by atoms with van der Waals surface area (Å²) in [4.78, 5) is 22.9. The number of hydrogen-bond acceptors (Lipinski definition) is 5. The third-order valence-corrected chi connectivity index (χ3v) is 7.19. The molecule has 2 saturated carbocycles. The van der Waals surface area contributed by atoms with Crippen molar-refractivity contribution < 1.29 is 9.53 Å². The molecule has 6 heteroatoms. The molecule has 1 aromatic heterocycles. The molecule has 1 saturated heterocycles. The van der Waals surface area contributed by atoms with Gasteiger partial charge >= 0.3 is 0 Å². The summed E-state index contributed by atoms with van der Waals surface area (Å²) in [5, 5.41) is 0.825. The van der Waals surface area contributed by atoms with Crippen LogP contribution in [-0.2, 0) is 17.8 Å². The molecule has 0 bridgehead atoms. The van der Waals surface area contributed by atoms with Gasteiger partial charge < -0.3 is 9.64 Å². The Morgan fingerprint density at radius 3 is 2.76 bits per heavy atom. The predicted octanol–water partition coefficient (Wildman–Crippen LogP) is 2.83. The van der Waals surface area contributed by atoms with Gasteiger partial charge in [0.2, 0.25) is 5.91 Å². The first-order chi connectivity index (χ1) is 12.3. The number of rotatable bonds is 4. The topological polar surface area (TPSA) is 45.7 Å². The smallest absolute Gasteiger partial charge is 0.274 e. The fraction of sp³-hybridized carbons (Fsp3) is 0.789. The van der Waals surface area contributed by atoms with E-state index in [0.29, 0.717) is 11.8 Å². The van der Waals surface area contributed by atoms with Crippen molar-refractivity contribution in [2.45, 2.75) is 70.1 Å². The second-order valence-electron chi connectivity index (χ2n) is 8.10. The van der Waals surface area contributed by atoms with Gasteiger partial charge in [-0.1, -0.05) is 17.8 Å². The number of likely N-dealkylation sites (tertiary alicyclic amines) is 1. The molecule has 0 aromatic carbocycles. The van der Waals surface area contributed by atoms with Gasteiger partial charge in [0.25, 0.3) is 5.19 Å². The van der Waals surface area contributed by atoms with Gasteiger partial charge in [0.1, 0.15) is 6.10 Å². The van der Waals surface area contributed by atoms with Crippen molar-refractivity contribution in [3.05, 3.63) is 10.6 Å². The fourth-order valence-electron chi connectivity index (χ4n) is 4.29. The van der Waals surface area contributed by atoms with E-state index >= 15 is 0 Å². The number of thiazole rings is 1. The van der Waals surface area contributed by atoms with Gasteiger partial charge in [0, 0.05) is 31.5 Å². The lowest BCUT2D eigenvalue weighted by atomic mass is 9.90. The van der Waals surface area contributed by atoms with E-state index in [9.17, 15) is 4.79 Å². The molecular weight excluding hydrogens is 334 g/mol. The number of aromatic nitrogens is 1. The minimum atomic E-state index is 0.283. The summed E-state index contributed by atoms with van der Waals surface area (Å²) in [5.41, 5.74) is 1.16. The fourth-order valence-corrected chi connectivity index (χ4v) is 5.32. The van der Waals surface area contributed by atoms with Crippen LogP contribution in [0.5, 0.6) is 5.19 Å². The van der Waals surface area contributed by atoms with Gasteiger partial charge in [-0.05, 0) is 45.1 Å². The van der Waals surface area contributed by atoms with Crippen LogP contribution in [0.4, 0.5) is 0 Å². The number of carbonyl (C=O) groups excluding carboxylic acids is 1. The SMILES string of the molecule is O=C(C1CC1)N1CCc2nc(OC3CCCN(C4CCC4)C3)sc2C1. The first-order valence-corrected chi connectivity index (χ1v) is 10.8. The minimum absolute atomic E-state index is 0.283. The highest BCUT2D eigenvalue weighted by Crippen LogP contribution is 2.36. The average Bonchev–Trinajstić information content (AvgIpc) is 3.33. The first-order valence-electron chi connectivity index (χ1n) is 9.94. The van der Waals surface area contributed by atoms with E-state index < -0.39 is 0 Å². The van der Waals surface area contributed by atoms with E-state index in [1.54, 1.807) is 11.3 Å². The molecule has 3 heterocycles. The zero-order chi connectivity index (χ0) is 16.8. The van der Waals surface area contributed by atoms with E-state index in [4.69, 9.17) is 9.72 Å². The van der Waals surface area contributed by atoms with E-state index in [2.05, 4.69) is 4.90 Å². The largest absolute Gasteiger partial charge is 0.465 e. The number of piperidine rings is 1. The minimum Gasteiger partial charge on any atom is -0.465 e. The second-order valence-corrected chi connectivity index (χ2v) is 9.14. The maximum absolute atomic E-state index is 12.3. The zero-order valence-corrected chi connectivity index (χ0v) is 15.6. The van der Waals surface area contributed by atoms with Gasteiger partial charge in [-0.2, -0.15) is 0 Å². The van der Waals surface area contributed by atoms with Crippen LogP contribution >= 0.6 is 11.3 Å². The van der Waals surface area contributed by atoms with Crippen molar-refractivity contribution in [1.82, 2.24) is 14.8 Å². The summed E-state index contributed by atoms with van der Waals surface area (Å²) < 4.78 is 6.27. The van der Waals surface area contributed by atoms with E-state index in [1.807, 2.05) is 4.90 Å². The number of nitrogens with zero attached hydrogens (tertiary/aromatic N) is 3. The van der Waals surface area contributed by atoms with Gasteiger partial charge in [0.15, 0.2) is 0 Å². The van der Waals surface area contributed by atoms with E-state index in [1.165, 1.54) is 37.1 Å². The first kappa shape index (κ1) is 16.1. The molecule has 3 fully saturated rings. The van der Waals surface area contributed by atoms with Gasteiger partial charge in [-0.3, -0.25) is 9.69 Å². The molecule has 1 amide bonds. The normalized spacial score (nSPS) is 27.7. The standard InChI is InChI=1S/C19H27N3O2S/c23-18(13-6-7-13)22-10-8-16-17(12-22)25-19(20-16)24-15-5-2-9-21(11-15)14-3-1-4-14/h13-15H,1-12H2. The van der Waals surface area contributed by atoms with Gasteiger partial charge in [0.05, 0.1) is 17.1 Å². The number of amides is 1. The molecule has 136 valence electrons. The molecule has 4 aliphatic rings. The molecule has 1 unspecified atom stereocenters. The Balaban J connectivity index is 1.21. The Morgan fingerprint density at radius 2 is 2.00 bits per heavy atom. The molecule has 5 rings (SSSR count). The highest BCUT2D eigenvalue weighted by atomic mass is 32.1. The van der Waals surface area contributed by atoms with Crippen LogP contribution in [0.2, 0.25) is 0 Å². The molecule has 2 aliphatic carbocycles. The lowest BCUT2D eigenvalue weighted by Crippen LogP contribution is -2.48. The maximum atomic E-state index is 12.3. The highest BCUT2D eigenvalue weighted by Gasteiger charge is 2.36. The van der Waals surface area contributed by atoms with Crippen molar-refractivity contribution in [2.24, 2.45) is 5.92 Å². The van der Waals surface area contributed by atoms with Gasteiger partial charge in [-0.25, -0.2) is 4.98 Å². The molecule has 1 atom stereocenters. The van der Waals surface area contributed by atoms with Gasteiger partial charge in [-0.15, -0.1) is 0 Å². The Kier molecular flexibility index (Phi) is 4.20. The maximum Gasteiger partial charge on any atom is 0.274 e. The van der Waals surface area contributed by atoms with Crippen LogP contribution in [-0.4, -0.2) is 52.5 Å². The summed E-state index contributed by atoms with van der Waals surface area (Å²) in [6.45, 7) is 3.85. The quantitative estimate of drug-likeness (QED) is 0.827. The Morgan fingerprint density at radius 1 is 1.12 bits per heavy atom. The summed E-state index contributed by atoms with van der Waals surface area (Å²) in [7, 11) is 0. The van der Waals surface area contributed by atoms with Crippen LogP contribution in [0.25, 0.3) is 0 Å². The zero-order valence-electron chi connectivity index (χ0n) is 14.8. The number of hydrogen-bond donors (Lipinski definition) is 0. The van der Waals surface area contributed by atoms with Crippen LogP contribution in [0.15, 0.2) is 0 Å². The molecular formula is C19H27N3O2S. The van der Waals surface area contributed by atoms with Crippen molar-refractivity contribution in [3.8, 4) is 5.19 Å². The third-order valence-electron chi connectivity index (χ3n) is 6.22. The summed E-state index contributed by atoms with van der Waals surface area (Å²) in [5.74, 6) is 0.662. The van der Waals surface area contributed by atoms with Crippen LogP contribution < -0.4 is 4.74 Å². The van der Waals surface area contributed by atoms with E-state index in [-0.39, 0.29) is 6.10 Å². The number of ether oxygens (including phenoxy) is 1. The van der Waals surface area contributed by atoms with Crippen molar-refractivity contribution in [1.29, 1.82) is 0 Å². The molecule has 5 nitrogen and oxygen atoms in total. The predicted molar refractivity (Wildman–Crippen MR) is 96.8 cm³/mol. The number of carbonyl (C=O) groups is 1. The molecule has 0 N–H and O–H groups in total. The van der Waals surface area contributed by atoms with E-state index in [0.717, 1.165) is 62.2 Å².